The monoisotopic (exact) mass is 369 g/mol. The first kappa shape index (κ1) is 18.3. The summed E-state index contributed by atoms with van der Waals surface area (Å²) in [5.41, 5.74) is 0.593. The fourth-order valence-corrected chi connectivity index (χ4v) is 3.10. The number of amides is 1. The maximum Gasteiger partial charge on any atom is 0.393 e. The van der Waals surface area contributed by atoms with Crippen LogP contribution in [-0.2, 0) is 4.79 Å². The Kier molecular flexibility index (Phi) is 4.93. The van der Waals surface area contributed by atoms with Gasteiger partial charge < -0.3 is 14.1 Å². The molecule has 0 N–H and O–H groups in total. The molecular formula is C18H18F3NO4. The number of fused-ring (bicyclic) bond motifs is 1. The minimum absolute atomic E-state index is 0.0389. The van der Waals surface area contributed by atoms with Gasteiger partial charge in [-0.05, 0) is 37.5 Å². The van der Waals surface area contributed by atoms with Crippen LogP contribution in [0, 0.1) is 12.8 Å². The van der Waals surface area contributed by atoms with Crippen LogP contribution in [0.1, 0.15) is 18.4 Å². The van der Waals surface area contributed by atoms with E-state index in [1.165, 1.54) is 17.0 Å². The zero-order valence-electron chi connectivity index (χ0n) is 14.1. The largest absolute Gasteiger partial charge is 0.484 e. The van der Waals surface area contributed by atoms with Crippen molar-refractivity contribution in [1.29, 1.82) is 0 Å². The van der Waals surface area contributed by atoms with E-state index >= 15 is 0 Å². The van der Waals surface area contributed by atoms with Gasteiger partial charge in [0.15, 0.2) is 6.61 Å². The quantitative estimate of drug-likeness (QED) is 0.779. The second kappa shape index (κ2) is 7.01. The molecule has 5 nitrogen and oxygen atoms in total. The Balaban J connectivity index is 1.66. The first-order valence-electron chi connectivity index (χ1n) is 8.26. The highest BCUT2D eigenvalue weighted by molar-refractivity contribution is 5.81. The summed E-state index contributed by atoms with van der Waals surface area (Å²) in [6.07, 6.45) is -3.94. The van der Waals surface area contributed by atoms with Crippen LogP contribution in [0.4, 0.5) is 13.2 Å². The van der Waals surface area contributed by atoms with E-state index in [0.29, 0.717) is 24.3 Å². The van der Waals surface area contributed by atoms with Gasteiger partial charge in [-0.2, -0.15) is 13.2 Å². The average Bonchev–Trinajstić information content (AvgIpc) is 2.58. The number of nitrogens with zero attached hydrogens (tertiary/aromatic N) is 1. The van der Waals surface area contributed by atoms with Gasteiger partial charge in [0.25, 0.3) is 5.91 Å². The van der Waals surface area contributed by atoms with Crippen LogP contribution in [-0.4, -0.2) is 36.7 Å². The Hall–Kier alpha value is -2.51. The zero-order valence-corrected chi connectivity index (χ0v) is 14.1. The van der Waals surface area contributed by atoms with Crippen molar-refractivity contribution in [2.24, 2.45) is 5.92 Å². The molecule has 2 aromatic rings. The molecule has 1 atom stereocenters. The van der Waals surface area contributed by atoms with Crippen molar-refractivity contribution in [3.8, 4) is 5.75 Å². The molecule has 0 radical (unpaired) electrons. The van der Waals surface area contributed by atoms with Crippen molar-refractivity contribution in [2.45, 2.75) is 25.9 Å². The van der Waals surface area contributed by atoms with Gasteiger partial charge >= 0.3 is 11.8 Å². The maximum atomic E-state index is 12.8. The van der Waals surface area contributed by atoms with Crippen LogP contribution in [0.5, 0.6) is 5.75 Å². The van der Waals surface area contributed by atoms with Crippen LogP contribution in [0.2, 0.25) is 0 Å². The highest BCUT2D eigenvalue weighted by Crippen LogP contribution is 2.33. The summed E-state index contributed by atoms with van der Waals surface area (Å²) in [7, 11) is 0. The third-order valence-electron chi connectivity index (χ3n) is 4.52. The highest BCUT2D eigenvalue weighted by atomic mass is 19.4. The fraction of sp³-hybridized carbons (Fsp3) is 0.444. The first-order valence-corrected chi connectivity index (χ1v) is 8.26. The molecule has 0 saturated carbocycles. The minimum atomic E-state index is -4.30. The number of rotatable bonds is 3. The second-order valence-electron chi connectivity index (χ2n) is 6.42. The van der Waals surface area contributed by atoms with E-state index in [1.54, 1.807) is 19.1 Å². The number of benzene rings is 1. The molecule has 26 heavy (non-hydrogen) atoms. The standard InChI is InChI=1S/C18H18F3NO4/c1-11-7-17(24)26-15-8-13(4-5-14(11)15)25-10-16(23)22-6-2-3-12(9-22)18(19,20)21/h4-5,7-8,12H,2-3,6,9-10H2,1H3. The van der Waals surface area contributed by atoms with Gasteiger partial charge in [0.1, 0.15) is 11.3 Å². The van der Waals surface area contributed by atoms with Crippen molar-refractivity contribution in [3.63, 3.8) is 0 Å². The summed E-state index contributed by atoms with van der Waals surface area (Å²) in [6, 6.07) is 6.19. The van der Waals surface area contributed by atoms with E-state index in [1.807, 2.05) is 0 Å². The Labute approximate surface area is 147 Å². The van der Waals surface area contributed by atoms with Gasteiger partial charge in [-0.25, -0.2) is 4.79 Å². The number of aryl methyl sites for hydroxylation is 1. The van der Waals surface area contributed by atoms with Crippen LogP contribution in [0.15, 0.2) is 33.5 Å². The van der Waals surface area contributed by atoms with Crippen molar-refractivity contribution >= 4 is 16.9 Å². The summed E-state index contributed by atoms with van der Waals surface area (Å²) in [5, 5.41) is 0.743. The number of piperidine rings is 1. The fourth-order valence-electron chi connectivity index (χ4n) is 3.10. The molecule has 1 aliphatic heterocycles. The second-order valence-corrected chi connectivity index (χ2v) is 6.42. The predicted molar refractivity (Wildman–Crippen MR) is 88.1 cm³/mol. The van der Waals surface area contributed by atoms with Gasteiger partial charge in [0, 0.05) is 30.6 Å². The number of alkyl halides is 3. The summed E-state index contributed by atoms with van der Waals surface area (Å²) in [6.45, 7) is 1.36. The lowest BCUT2D eigenvalue weighted by molar-refractivity contribution is -0.188. The molecule has 1 amide bonds. The van der Waals surface area contributed by atoms with Gasteiger partial charge in [0.2, 0.25) is 0 Å². The summed E-state index contributed by atoms with van der Waals surface area (Å²) >= 11 is 0. The minimum Gasteiger partial charge on any atom is -0.484 e. The number of carbonyl (C=O) groups excluding carboxylic acids is 1. The molecule has 140 valence electrons. The van der Waals surface area contributed by atoms with E-state index in [4.69, 9.17) is 9.15 Å². The zero-order chi connectivity index (χ0) is 18.9. The van der Waals surface area contributed by atoms with Crippen molar-refractivity contribution in [2.75, 3.05) is 19.7 Å². The first-order chi connectivity index (χ1) is 12.2. The average molecular weight is 369 g/mol. The lowest BCUT2D eigenvalue weighted by atomic mass is 9.97. The summed E-state index contributed by atoms with van der Waals surface area (Å²) in [4.78, 5) is 24.8. The number of carbonyl (C=O) groups is 1. The predicted octanol–water partition coefficient (Wildman–Crippen LogP) is 3.28. The van der Waals surface area contributed by atoms with Crippen LogP contribution in [0.3, 0.4) is 0 Å². The molecule has 1 fully saturated rings. The van der Waals surface area contributed by atoms with E-state index < -0.39 is 23.6 Å². The van der Waals surface area contributed by atoms with Gasteiger partial charge in [0.05, 0.1) is 5.92 Å². The number of ether oxygens (including phenoxy) is 1. The normalized spacial score (nSPS) is 18.2. The third-order valence-corrected chi connectivity index (χ3v) is 4.52. The van der Waals surface area contributed by atoms with E-state index in [-0.39, 0.29) is 19.6 Å². The summed E-state index contributed by atoms with van der Waals surface area (Å²) in [5.74, 6) is -1.67. The number of hydrogen-bond donors (Lipinski definition) is 0. The molecule has 0 bridgehead atoms. The van der Waals surface area contributed by atoms with Crippen molar-refractivity contribution in [3.05, 3.63) is 40.2 Å². The van der Waals surface area contributed by atoms with E-state index in [0.717, 1.165) is 10.9 Å². The van der Waals surface area contributed by atoms with Crippen molar-refractivity contribution < 1.29 is 27.1 Å². The van der Waals surface area contributed by atoms with E-state index in [2.05, 4.69) is 0 Å². The molecule has 8 heteroatoms. The Morgan fingerprint density at radius 1 is 1.35 bits per heavy atom. The lowest BCUT2D eigenvalue weighted by Crippen LogP contribution is -2.46. The van der Waals surface area contributed by atoms with Crippen molar-refractivity contribution in [1.82, 2.24) is 4.90 Å². The third kappa shape index (κ3) is 4.00. The Bertz CT molecular complexity index is 875. The molecule has 0 aliphatic carbocycles. The SMILES string of the molecule is Cc1cc(=O)oc2cc(OCC(=O)N3CCCC(C(F)(F)F)C3)ccc12. The molecule has 3 rings (SSSR count). The number of halogens is 3. The summed E-state index contributed by atoms with van der Waals surface area (Å²) < 4.78 is 49.0. The maximum absolute atomic E-state index is 12.8. The van der Waals surface area contributed by atoms with Crippen LogP contribution >= 0.6 is 0 Å². The van der Waals surface area contributed by atoms with E-state index in [9.17, 15) is 22.8 Å². The van der Waals surface area contributed by atoms with Gasteiger partial charge in [-0.1, -0.05) is 0 Å². The molecule has 1 aromatic heterocycles. The molecular weight excluding hydrogens is 351 g/mol. The lowest BCUT2D eigenvalue weighted by Gasteiger charge is -2.33. The molecule has 1 aliphatic rings. The molecule has 1 unspecified atom stereocenters. The smallest absolute Gasteiger partial charge is 0.393 e. The molecule has 1 saturated heterocycles. The number of likely N-dealkylation sites (tertiary alicyclic amines) is 1. The molecule has 1 aromatic carbocycles. The Morgan fingerprint density at radius 2 is 2.12 bits per heavy atom. The Morgan fingerprint density at radius 3 is 2.85 bits per heavy atom. The number of hydrogen-bond acceptors (Lipinski definition) is 4. The topological polar surface area (TPSA) is 59.8 Å². The highest BCUT2D eigenvalue weighted by Gasteiger charge is 2.42. The molecule has 0 spiro atoms. The molecule has 2 heterocycles. The van der Waals surface area contributed by atoms with Gasteiger partial charge in [-0.3, -0.25) is 4.79 Å². The van der Waals surface area contributed by atoms with Gasteiger partial charge in [-0.15, -0.1) is 0 Å². The van der Waals surface area contributed by atoms with Crippen LogP contribution < -0.4 is 10.4 Å². The van der Waals surface area contributed by atoms with Crippen LogP contribution in [0.25, 0.3) is 11.0 Å².